The summed E-state index contributed by atoms with van der Waals surface area (Å²) < 4.78 is 27.7. The number of nitrogens with one attached hydrogen (secondary N) is 1. The summed E-state index contributed by atoms with van der Waals surface area (Å²) in [6, 6.07) is 23.4. The molecular weight excluding hydrogens is 536 g/mol. The van der Waals surface area contributed by atoms with Gasteiger partial charge in [-0.25, -0.2) is 17.4 Å². The number of amides is 1. The summed E-state index contributed by atoms with van der Waals surface area (Å²) in [7, 11) is -3.93. The van der Waals surface area contributed by atoms with Crippen LogP contribution in [0.15, 0.2) is 96.2 Å². The molecule has 0 radical (unpaired) electrons. The molecule has 0 bridgehead atoms. The van der Waals surface area contributed by atoms with Crippen molar-refractivity contribution in [3.8, 4) is 0 Å². The van der Waals surface area contributed by atoms with E-state index < -0.39 is 15.9 Å². The Labute approximate surface area is 238 Å². The molecule has 0 fully saturated rings. The Morgan fingerprint density at radius 1 is 0.878 bits per heavy atom. The van der Waals surface area contributed by atoms with Crippen LogP contribution in [0.1, 0.15) is 58.2 Å². The molecule has 9 heteroatoms. The van der Waals surface area contributed by atoms with E-state index in [1.165, 1.54) is 24.5 Å². The number of aromatic nitrogens is 2. The molecule has 5 aromatic rings. The predicted molar refractivity (Wildman–Crippen MR) is 161 cm³/mol. The first-order valence-electron chi connectivity index (χ1n) is 13.0. The van der Waals surface area contributed by atoms with Gasteiger partial charge in [0.2, 0.25) is 0 Å². The Hall–Kier alpha value is -4.76. The third-order valence-electron chi connectivity index (χ3n) is 6.97. The molecule has 1 heterocycles. The number of carbonyl (C=O) groups is 2. The number of ketones is 1. The van der Waals surface area contributed by atoms with Gasteiger partial charge < -0.3 is 11.1 Å². The number of aryl methyl sites for hydroxylation is 1. The fraction of sp³-hybridized carbons (Fsp3) is 0.156. The molecule has 0 spiro atoms. The van der Waals surface area contributed by atoms with Crippen LogP contribution in [0, 0.1) is 6.92 Å². The highest BCUT2D eigenvalue weighted by atomic mass is 32.2. The average Bonchev–Trinajstić information content (AvgIpc) is 3.38. The molecule has 208 valence electrons. The lowest BCUT2D eigenvalue weighted by Crippen LogP contribution is -2.16. The van der Waals surface area contributed by atoms with Crippen LogP contribution < -0.4 is 11.1 Å². The molecule has 0 aliphatic carbocycles. The zero-order valence-corrected chi connectivity index (χ0v) is 24.0. The van der Waals surface area contributed by atoms with E-state index in [4.69, 9.17) is 5.73 Å². The van der Waals surface area contributed by atoms with E-state index in [1.807, 2.05) is 19.1 Å². The first-order valence-corrected chi connectivity index (χ1v) is 14.4. The number of anilines is 2. The summed E-state index contributed by atoms with van der Waals surface area (Å²) in [6.45, 7) is 8.17. The van der Waals surface area contributed by atoms with Crippen molar-refractivity contribution in [1.82, 2.24) is 8.96 Å². The quantitative estimate of drug-likeness (QED) is 0.194. The van der Waals surface area contributed by atoms with E-state index in [-0.39, 0.29) is 44.1 Å². The van der Waals surface area contributed by atoms with Gasteiger partial charge in [0, 0.05) is 16.7 Å². The second kappa shape index (κ2) is 10.3. The number of fused-ring (bicyclic) bond motifs is 1. The number of imidazole rings is 1. The summed E-state index contributed by atoms with van der Waals surface area (Å²) in [4.78, 5) is 30.8. The zero-order chi connectivity index (χ0) is 29.5. The molecule has 5 rings (SSSR count). The summed E-state index contributed by atoms with van der Waals surface area (Å²) >= 11 is 0. The summed E-state index contributed by atoms with van der Waals surface area (Å²) in [6.07, 6.45) is 1.22. The van der Waals surface area contributed by atoms with Crippen LogP contribution >= 0.6 is 0 Å². The Morgan fingerprint density at radius 2 is 1.54 bits per heavy atom. The normalized spacial score (nSPS) is 11.9. The van der Waals surface area contributed by atoms with Gasteiger partial charge in [0.1, 0.15) is 6.33 Å². The molecule has 0 saturated heterocycles. The number of carbonyl (C=O) groups excluding carboxylic acids is 2. The Morgan fingerprint density at radius 3 is 2.20 bits per heavy atom. The minimum absolute atomic E-state index is 0.0453. The van der Waals surface area contributed by atoms with Crippen molar-refractivity contribution in [2.75, 3.05) is 11.1 Å². The number of hydrogen-bond donors (Lipinski definition) is 2. The van der Waals surface area contributed by atoms with Gasteiger partial charge in [-0.2, -0.15) is 0 Å². The Balaban J connectivity index is 1.42. The Bertz CT molecular complexity index is 1900. The summed E-state index contributed by atoms with van der Waals surface area (Å²) in [5.41, 5.74) is 10.4. The molecular formula is C32H30N4O4S. The van der Waals surface area contributed by atoms with Crippen LogP contribution in [-0.4, -0.2) is 29.1 Å². The third-order valence-corrected chi connectivity index (χ3v) is 8.64. The highest BCUT2D eigenvalue weighted by molar-refractivity contribution is 7.90. The summed E-state index contributed by atoms with van der Waals surface area (Å²) in [5.74, 6) is -0.774. The number of hydrogen-bond acceptors (Lipinski definition) is 6. The maximum atomic E-state index is 13.3. The Kier molecular flexibility index (Phi) is 7.00. The summed E-state index contributed by atoms with van der Waals surface area (Å²) in [5, 5.41) is 2.76. The van der Waals surface area contributed by atoms with Crippen molar-refractivity contribution in [2.24, 2.45) is 0 Å². The minimum atomic E-state index is -3.93. The highest BCUT2D eigenvalue weighted by Gasteiger charge is 2.22. The highest BCUT2D eigenvalue weighted by Crippen LogP contribution is 2.28. The second-order valence-corrected chi connectivity index (χ2v) is 12.8. The number of nitrogens with zero attached hydrogens (tertiary/aromatic N) is 2. The molecule has 3 N–H and O–H groups in total. The molecule has 0 atom stereocenters. The maximum Gasteiger partial charge on any atom is 0.269 e. The smallest absolute Gasteiger partial charge is 0.269 e. The van der Waals surface area contributed by atoms with Crippen LogP contribution in [0.4, 0.5) is 11.4 Å². The van der Waals surface area contributed by atoms with E-state index in [1.54, 1.807) is 54.6 Å². The van der Waals surface area contributed by atoms with Gasteiger partial charge in [0.05, 0.1) is 27.3 Å². The van der Waals surface area contributed by atoms with E-state index >= 15 is 0 Å². The first kappa shape index (κ1) is 27.8. The fourth-order valence-electron chi connectivity index (χ4n) is 4.49. The van der Waals surface area contributed by atoms with Crippen LogP contribution in [-0.2, 0) is 15.4 Å². The molecule has 1 amide bonds. The van der Waals surface area contributed by atoms with E-state index in [0.29, 0.717) is 11.1 Å². The molecule has 0 saturated carbocycles. The molecule has 41 heavy (non-hydrogen) atoms. The SMILES string of the molecule is Cc1ccc(S(=O)(=O)n2cnc3ccc(C(=O)Nc4cccc(C(=O)c5ccc(C(C)(C)C)cc5)c4N)cc32)cc1. The maximum absolute atomic E-state index is 13.3. The van der Waals surface area contributed by atoms with E-state index in [9.17, 15) is 18.0 Å². The van der Waals surface area contributed by atoms with E-state index in [2.05, 4.69) is 31.1 Å². The second-order valence-electron chi connectivity index (χ2n) is 10.9. The lowest BCUT2D eigenvalue weighted by atomic mass is 9.86. The van der Waals surface area contributed by atoms with Gasteiger partial charge in [-0.3, -0.25) is 9.59 Å². The van der Waals surface area contributed by atoms with Crippen molar-refractivity contribution in [3.05, 3.63) is 119 Å². The minimum Gasteiger partial charge on any atom is -0.396 e. The third kappa shape index (κ3) is 5.36. The molecule has 0 unspecified atom stereocenters. The van der Waals surface area contributed by atoms with Gasteiger partial charge in [0.15, 0.2) is 5.78 Å². The van der Waals surface area contributed by atoms with Gasteiger partial charge in [-0.15, -0.1) is 0 Å². The van der Waals surface area contributed by atoms with Gasteiger partial charge in [0.25, 0.3) is 15.9 Å². The molecule has 4 aromatic carbocycles. The molecule has 8 nitrogen and oxygen atoms in total. The number of benzene rings is 4. The lowest BCUT2D eigenvalue weighted by Gasteiger charge is -2.19. The number of nitrogens with two attached hydrogens (primary N) is 1. The standard InChI is InChI=1S/C32H30N4O4S/c1-20-8-15-24(16-9-20)41(39,40)36-19-34-26-17-12-22(18-28(26)36)31(38)35-27-7-5-6-25(29(27)33)30(37)21-10-13-23(14-11-21)32(2,3)4/h5-19H,33H2,1-4H3,(H,35,38). The van der Waals surface area contributed by atoms with Crippen molar-refractivity contribution in [3.63, 3.8) is 0 Å². The van der Waals surface area contributed by atoms with Gasteiger partial charge in [-0.1, -0.05) is 68.8 Å². The van der Waals surface area contributed by atoms with Crippen molar-refractivity contribution >= 4 is 44.1 Å². The van der Waals surface area contributed by atoms with Crippen LogP contribution in [0.5, 0.6) is 0 Å². The first-order chi connectivity index (χ1) is 19.4. The molecule has 1 aromatic heterocycles. The molecule has 0 aliphatic heterocycles. The van der Waals surface area contributed by atoms with Crippen LogP contribution in [0.25, 0.3) is 11.0 Å². The van der Waals surface area contributed by atoms with Crippen molar-refractivity contribution in [1.29, 1.82) is 0 Å². The van der Waals surface area contributed by atoms with Crippen molar-refractivity contribution in [2.45, 2.75) is 38.0 Å². The van der Waals surface area contributed by atoms with Crippen LogP contribution in [0.2, 0.25) is 0 Å². The van der Waals surface area contributed by atoms with Crippen LogP contribution in [0.3, 0.4) is 0 Å². The largest absolute Gasteiger partial charge is 0.396 e. The molecule has 0 aliphatic rings. The predicted octanol–water partition coefficient (Wildman–Crippen LogP) is 5.94. The van der Waals surface area contributed by atoms with Gasteiger partial charge >= 0.3 is 0 Å². The van der Waals surface area contributed by atoms with Gasteiger partial charge in [-0.05, 0) is 60.4 Å². The topological polar surface area (TPSA) is 124 Å². The zero-order valence-electron chi connectivity index (χ0n) is 23.2. The van der Waals surface area contributed by atoms with E-state index in [0.717, 1.165) is 15.1 Å². The fourth-order valence-corrected chi connectivity index (χ4v) is 5.77. The monoisotopic (exact) mass is 566 g/mol. The average molecular weight is 567 g/mol. The lowest BCUT2D eigenvalue weighted by molar-refractivity contribution is 0.102. The number of para-hydroxylation sites is 1. The van der Waals surface area contributed by atoms with Crippen molar-refractivity contribution < 1.29 is 18.0 Å². The number of rotatable bonds is 6. The number of nitrogen functional groups attached to an aromatic ring is 1.